The van der Waals surface area contributed by atoms with Crippen molar-refractivity contribution in [2.24, 2.45) is 11.7 Å². The van der Waals surface area contributed by atoms with Gasteiger partial charge in [-0.25, -0.2) is 13.2 Å². The zero-order chi connectivity index (χ0) is 24.8. The summed E-state index contributed by atoms with van der Waals surface area (Å²) in [6, 6.07) is 1.76. The number of rotatable bonds is 6. The minimum atomic E-state index is -4.02. The van der Waals surface area contributed by atoms with Gasteiger partial charge in [-0.15, -0.1) is 0 Å². The fourth-order valence-electron chi connectivity index (χ4n) is 4.41. The van der Waals surface area contributed by atoms with Crippen LogP contribution in [-0.2, 0) is 21.2 Å². The van der Waals surface area contributed by atoms with Crippen molar-refractivity contribution in [3.8, 4) is 23.7 Å². The summed E-state index contributed by atoms with van der Waals surface area (Å²) in [6.07, 6.45) is 2.24. The minimum absolute atomic E-state index is 0.135. The Morgan fingerprint density at radius 1 is 1.32 bits per heavy atom. The van der Waals surface area contributed by atoms with Gasteiger partial charge >= 0.3 is 6.03 Å². The predicted molar refractivity (Wildman–Crippen MR) is 123 cm³/mol. The van der Waals surface area contributed by atoms with Crippen LogP contribution in [0.1, 0.15) is 31.0 Å². The smallest absolute Gasteiger partial charge is 0.328 e. The van der Waals surface area contributed by atoms with E-state index in [2.05, 4.69) is 28.6 Å². The molecular formula is C23H28N4O6S. The number of likely N-dealkylation sites (tertiary alicyclic amines) is 1. The van der Waals surface area contributed by atoms with Gasteiger partial charge in [0.2, 0.25) is 5.91 Å². The first kappa shape index (κ1) is 24.3. The van der Waals surface area contributed by atoms with E-state index in [0.29, 0.717) is 17.3 Å². The standard InChI is InChI=1S/C23H28N4O6S/c1-23(21(24)30,34(2,32)33)20(29)14-26-13-18-7-15(12-27(18)22(26)31)5-3-4-6-16-10-25(11-16)17-8-19(28)9-17/h7,12,16-17,19-20,28-29H,8-11,13-14H2,1-2H3,(H2,24,30). The molecule has 0 aromatic carbocycles. The van der Waals surface area contributed by atoms with Gasteiger partial charge in [0, 0.05) is 48.8 Å². The molecule has 0 radical (unpaired) electrons. The number of carbonyl (C=O) groups excluding carboxylic acids is 2. The lowest BCUT2D eigenvalue weighted by atomic mass is 9.84. The van der Waals surface area contributed by atoms with Gasteiger partial charge in [-0.1, -0.05) is 11.8 Å². The Kier molecular flexibility index (Phi) is 6.25. The molecule has 2 fully saturated rings. The molecule has 182 valence electrons. The highest BCUT2D eigenvalue weighted by atomic mass is 32.2. The lowest BCUT2D eigenvalue weighted by molar-refractivity contribution is -0.123. The van der Waals surface area contributed by atoms with E-state index in [9.17, 15) is 28.2 Å². The molecule has 4 N–H and O–H groups in total. The molecule has 2 amide bonds. The summed E-state index contributed by atoms with van der Waals surface area (Å²) in [5, 5.41) is 19.9. The Hall–Kier alpha value is -2.83. The summed E-state index contributed by atoms with van der Waals surface area (Å²) < 4.78 is 23.3. The SMILES string of the molecule is CC(C(N)=O)(C(O)CN1Cc2cc(C#CC#CC3CN(C4CC(O)C4)C3)cn2C1=O)S(C)(=O)=O. The highest BCUT2D eigenvalue weighted by molar-refractivity contribution is 7.92. The Labute approximate surface area is 198 Å². The third-order valence-electron chi connectivity index (χ3n) is 7.08. The summed E-state index contributed by atoms with van der Waals surface area (Å²) in [6.45, 7) is 2.63. The molecule has 1 aromatic heterocycles. The van der Waals surface area contributed by atoms with Crippen molar-refractivity contribution in [2.75, 3.05) is 25.9 Å². The number of nitrogens with two attached hydrogens (primary N) is 1. The molecule has 0 spiro atoms. The van der Waals surface area contributed by atoms with E-state index < -0.39 is 32.6 Å². The van der Waals surface area contributed by atoms with Crippen molar-refractivity contribution in [3.05, 3.63) is 23.5 Å². The van der Waals surface area contributed by atoms with Crippen molar-refractivity contribution < 1.29 is 28.2 Å². The van der Waals surface area contributed by atoms with Gasteiger partial charge in [-0.05, 0) is 37.7 Å². The summed E-state index contributed by atoms with van der Waals surface area (Å²) in [5.74, 6) is 10.8. The van der Waals surface area contributed by atoms with Gasteiger partial charge in [0.05, 0.1) is 25.3 Å². The number of amides is 2. The number of primary amides is 1. The molecule has 34 heavy (non-hydrogen) atoms. The molecule has 0 bridgehead atoms. The van der Waals surface area contributed by atoms with E-state index in [4.69, 9.17) is 5.73 Å². The molecule has 1 saturated carbocycles. The summed E-state index contributed by atoms with van der Waals surface area (Å²) in [7, 11) is -4.02. The highest BCUT2D eigenvalue weighted by Gasteiger charge is 2.50. The number of carbonyl (C=O) groups is 2. The van der Waals surface area contributed by atoms with Crippen LogP contribution < -0.4 is 5.73 Å². The number of fused-ring (bicyclic) bond motifs is 1. The maximum atomic E-state index is 12.7. The number of β-amino-alcohol motifs (C(OH)–C–C–N with tert-alkyl or cyclic N) is 1. The van der Waals surface area contributed by atoms with Crippen LogP contribution in [0.2, 0.25) is 0 Å². The van der Waals surface area contributed by atoms with Crippen LogP contribution in [0.15, 0.2) is 12.3 Å². The van der Waals surface area contributed by atoms with Gasteiger partial charge in [0.1, 0.15) is 0 Å². The molecule has 1 aromatic rings. The van der Waals surface area contributed by atoms with E-state index in [1.807, 2.05) is 0 Å². The molecule has 11 heteroatoms. The summed E-state index contributed by atoms with van der Waals surface area (Å²) in [5.41, 5.74) is 6.50. The van der Waals surface area contributed by atoms with Crippen LogP contribution in [0, 0.1) is 29.6 Å². The van der Waals surface area contributed by atoms with Crippen LogP contribution in [-0.4, -0.2) is 93.8 Å². The zero-order valence-corrected chi connectivity index (χ0v) is 19.9. The normalized spacial score (nSPS) is 25.1. The fraction of sp³-hybridized carbons (Fsp3) is 0.565. The van der Waals surface area contributed by atoms with Crippen molar-refractivity contribution in [1.29, 1.82) is 0 Å². The van der Waals surface area contributed by atoms with Crippen molar-refractivity contribution in [2.45, 2.75) is 49.3 Å². The molecule has 2 atom stereocenters. The molecule has 10 nitrogen and oxygen atoms in total. The van der Waals surface area contributed by atoms with E-state index in [0.717, 1.165) is 39.1 Å². The predicted octanol–water partition coefficient (Wildman–Crippen LogP) is -1.27. The third-order valence-corrected chi connectivity index (χ3v) is 9.09. The minimum Gasteiger partial charge on any atom is -0.393 e. The lowest BCUT2D eigenvalue weighted by Gasteiger charge is -2.48. The Morgan fingerprint density at radius 3 is 2.56 bits per heavy atom. The number of aliphatic hydroxyl groups is 2. The monoisotopic (exact) mass is 488 g/mol. The van der Waals surface area contributed by atoms with Crippen LogP contribution in [0.3, 0.4) is 0 Å². The molecule has 2 aliphatic heterocycles. The quantitative estimate of drug-likeness (QED) is 0.423. The molecule has 1 aliphatic carbocycles. The molecule has 2 unspecified atom stereocenters. The molecule has 3 heterocycles. The fourth-order valence-corrected chi connectivity index (χ4v) is 5.35. The number of hydrogen-bond acceptors (Lipinski definition) is 7. The van der Waals surface area contributed by atoms with Gasteiger partial charge in [0.15, 0.2) is 14.6 Å². The second-order valence-electron chi connectivity index (χ2n) is 9.46. The highest BCUT2D eigenvalue weighted by Crippen LogP contribution is 2.31. The van der Waals surface area contributed by atoms with Crippen molar-refractivity contribution >= 4 is 21.8 Å². The number of aliphatic hydroxyl groups excluding tert-OH is 2. The Bertz CT molecular complexity index is 1240. The van der Waals surface area contributed by atoms with Crippen LogP contribution in [0.4, 0.5) is 4.79 Å². The van der Waals surface area contributed by atoms with Crippen molar-refractivity contribution in [3.63, 3.8) is 0 Å². The first-order valence-corrected chi connectivity index (χ1v) is 12.9. The molecule has 1 saturated heterocycles. The van der Waals surface area contributed by atoms with Gasteiger partial charge in [-0.3, -0.25) is 14.3 Å². The summed E-state index contributed by atoms with van der Waals surface area (Å²) in [4.78, 5) is 28.1. The van der Waals surface area contributed by atoms with Crippen LogP contribution in [0.25, 0.3) is 0 Å². The van der Waals surface area contributed by atoms with Gasteiger partial charge in [0.25, 0.3) is 0 Å². The van der Waals surface area contributed by atoms with E-state index >= 15 is 0 Å². The number of aromatic nitrogens is 1. The zero-order valence-electron chi connectivity index (χ0n) is 19.1. The largest absolute Gasteiger partial charge is 0.393 e. The van der Waals surface area contributed by atoms with Gasteiger partial charge < -0.3 is 20.8 Å². The lowest BCUT2D eigenvalue weighted by Crippen LogP contribution is -2.59. The maximum absolute atomic E-state index is 12.7. The average molecular weight is 489 g/mol. The van der Waals surface area contributed by atoms with Gasteiger partial charge in [-0.2, -0.15) is 0 Å². The third kappa shape index (κ3) is 4.32. The molecular weight excluding hydrogens is 460 g/mol. The maximum Gasteiger partial charge on any atom is 0.328 e. The first-order valence-electron chi connectivity index (χ1n) is 11.0. The van der Waals surface area contributed by atoms with Crippen LogP contribution >= 0.6 is 0 Å². The summed E-state index contributed by atoms with van der Waals surface area (Å²) >= 11 is 0. The van der Waals surface area contributed by atoms with E-state index in [1.165, 1.54) is 9.47 Å². The topological polar surface area (TPSA) is 146 Å². The van der Waals surface area contributed by atoms with Crippen molar-refractivity contribution in [1.82, 2.24) is 14.4 Å². The van der Waals surface area contributed by atoms with E-state index in [1.54, 1.807) is 12.3 Å². The van der Waals surface area contributed by atoms with E-state index in [-0.39, 0.29) is 25.1 Å². The number of nitrogens with zero attached hydrogens (tertiary/aromatic N) is 3. The number of hydrogen-bond donors (Lipinski definition) is 3. The molecule has 4 rings (SSSR count). The van der Waals surface area contributed by atoms with Crippen LogP contribution in [0.5, 0.6) is 0 Å². The second kappa shape index (κ2) is 8.75. The first-order chi connectivity index (χ1) is 15.9. The molecule has 3 aliphatic rings. The Morgan fingerprint density at radius 2 is 2.00 bits per heavy atom. The number of sulfone groups is 1. The average Bonchev–Trinajstić information content (AvgIpc) is 3.21. The Balaban J connectivity index is 1.33. The second-order valence-corrected chi connectivity index (χ2v) is 11.9.